The average Bonchev–Trinajstić information content (AvgIpc) is 3.76. The molecule has 0 radical (unpaired) electrons. The summed E-state index contributed by atoms with van der Waals surface area (Å²) in [6.45, 7) is 2.50. The molecule has 0 unspecified atom stereocenters. The van der Waals surface area contributed by atoms with Crippen molar-refractivity contribution >= 4 is 35.3 Å². The van der Waals surface area contributed by atoms with Gasteiger partial charge in [-0.25, -0.2) is 5.43 Å². The molecule has 9 heteroatoms. The van der Waals surface area contributed by atoms with E-state index in [2.05, 4.69) is 51.7 Å². The van der Waals surface area contributed by atoms with Crippen LogP contribution in [0.3, 0.4) is 0 Å². The van der Waals surface area contributed by atoms with Gasteiger partial charge in [-0.05, 0) is 60.8 Å². The third-order valence-electron chi connectivity index (χ3n) is 6.29. The summed E-state index contributed by atoms with van der Waals surface area (Å²) in [6, 6.07) is 22.0. The Hall–Kier alpha value is -4.34. The van der Waals surface area contributed by atoms with Crippen LogP contribution in [0.25, 0.3) is 10.8 Å². The Bertz CT molecular complexity index is 1300. The highest BCUT2D eigenvalue weighted by Crippen LogP contribution is 2.46. The molecule has 4 N–H and O–H groups in total. The van der Waals surface area contributed by atoms with E-state index in [0.717, 1.165) is 30.3 Å². The van der Waals surface area contributed by atoms with Gasteiger partial charge in [0.15, 0.2) is 0 Å². The molecule has 1 aliphatic carbocycles. The SMILES string of the molecule is CC=O.CNC/C=C/C(=O)N(C)NC.O=CNCc1ccccc1C(=O)NC1(c2ccc3ccccc3c2)CC1. The van der Waals surface area contributed by atoms with Crippen molar-refractivity contribution in [2.24, 2.45) is 0 Å². The number of hydrogen-bond acceptors (Lipinski definition) is 6. The van der Waals surface area contributed by atoms with E-state index in [0.29, 0.717) is 25.1 Å². The molecule has 9 nitrogen and oxygen atoms in total. The second-order valence-electron chi connectivity index (χ2n) is 9.07. The molecule has 3 amide bonds. The van der Waals surface area contributed by atoms with Crippen LogP contribution in [0.15, 0.2) is 78.9 Å². The third kappa shape index (κ3) is 9.44. The van der Waals surface area contributed by atoms with E-state index >= 15 is 0 Å². The van der Waals surface area contributed by atoms with Gasteiger partial charge in [-0.1, -0.05) is 60.7 Å². The van der Waals surface area contributed by atoms with Crippen molar-refractivity contribution < 1.29 is 19.2 Å². The van der Waals surface area contributed by atoms with Crippen molar-refractivity contribution in [3.8, 4) is 0 Å². The summed E-state index contributed by atoms with van der Waals surface area (Å²) < 4.78 is 0. The molecule has 3 aromatic rings. The number of nitrogens with zero attached hydrogens (tertiary/aromatic N) is 1. The minimum absolute atomic E-state index is 0.0530. The van der Waals surface area contributed by atoms with Crippen LogP contribution in [0, 0.1) is 0 Å². The molecule has 40 heavy (non-hydrogen) atoms. The summed E-state index contributed by atoms with van der Waals surface area (Å²) in [6.07, 6.45) is 6.56. The van der Waals surface area contributed by atoms with Gasteiger partial charge in [-0.3, -0.25) is 19.4 Å². The third-order valence-corrected chi connectivity index (χ3v) is 6.29. The van der Waals surface area contributed by atoms with Crippen molar-refractivity contribution in [1.29, 1.82) is 0 Å². The quantitative estimate of drug-likeness (QED) is 0.177. The number of benzene rings is 3. The zero-order chi connectivity index (χ0) is 29.4. The molecule has 1 saturated carbocycles. The molecule has 0 aliphatic heterocycles. The summed E-state index contributed by atoms with van der Waals surface area (Å²) in [7, 11) is 5.20. The summed E-state index contributed by atoms with van der Waals surface area (Å²) in [4.78, 5) is 43.3. The predicted octanol–water partition coefficient (Wildman–Crippen LogP) is 3.06. The number of hydrazine groups is 1. The topological polar surface area (TPSA) is 120 Å². The molecule has 4 rings (SSSR count). The molecular formula is C31H39N5O4. The number of nitrogens with one attached hydrogen (secondary N) is 4. The van der Waals surface area contributed by atoms with E-state index in [1.165, 1.54) is 28.8 Å². The van der Waals surface area contributed by atoms with Crippen LogP contribution in [0.2, 0.25) is 0 Å². The second kappa shape index (κ2) is 16.6. The number of rotatable bonds is 10. The fourth-order valence-corrected chi connectivity index (χ4v) is 3.93. The summed E-state index contributed by atoms with van der Waals surface area (Å²) in [5, 5.41) is 12.5. The molecule has 0 heterocycles. The van der Waals surface area contributed by atoms with E-state index in [4.69, 9.17) is 4.79 Å². The Labute approximate surface area is 236 Å². The fourth-order valence-electron chi connectivity index (χ4n) is 3.93. The van der Waals surface area contributed by atoms with E-state index < -0.39 is 0 Å². The molecule has 0 atom stereocenters. The van der Waals surface area contributed by atoms with Gasteiger partial charge in [0.1, 0.15) is 6.29 Å². The minimum atomic E-state index is -0.285. The minimum Gasteiger partial charge on any atom is -0.355 e. The smallest absolute Gasteiger partial charge is 0.260 e. The monoisotopic (exact) mass is 545 g/mol. The summed E-state index contributed by atoms with van der Waals surface area (Å²) >= 11 is 0. The Morgan fingerprint density at radius 3 is 2.23 bits per heavy atom. The molecular weight excluding hydrogens is 506 g/mol. The Morgan fingerprint density at radius 2 is 1.60 bits per heavy atom. The molecule has 0 saturated heterocycles. The van der Waals surface area contributed by atoms with Gasteiger partial charge in [0.2, 0.25) is 6.41 Å². The normalized spacial score (nSPS) is 12.7. The number of carbonyl (C=O) groups excluding carboxylic acids is 4. The van der Waals surface area contributed by atoms with Crippen molar-refractivity contribution in [3.05, 3.63) is 95.6 Å². The zero-order valence-electron chi connectivity index (χ0n) is 23.6. The first kappa shape index (κ1) is 31.9. The van der Waals surface area contributed by atoms with Crippen LogP contribution in [0.1, 0.15) is 41.3 Å². The van der Waals surface area contributed by atoms with Gasteiger partial charge in [0, 0.05) is 38.8 Å². The summed E-state index contributed by atoms with van der Waals surface area (Å²) in [5.74, 6) is -0.151. The molecule has 1 aliphatic rings. The molecule has 1 fully saturated rings. The first-order valence-corrected chi connectivity index (χ1v) is 13.1. The standard InChI is InChI=1S/C22H20N2O2.C7H15N3O.C2H4O/c25-15-23-14-18-7-3-4-8-20(18)21(26)24-22(11-12-22)19-10-9-16-5-1-2-6-17(16)13-19;1-8-6-4-5-7(11)10(3)9-2;1-2-3/h1-10,13,15H,11-12,14H2,(H,23,25)(H,24,26);4-5,8-9H,6H2,1-3H3;2H,1H3/b;5-4+;. The van der Waals surface area contributed by atoms with Crippen LogP contribution >= 0.6 is 0 Å². The van der Waals surface area contributed by atoms with E-state index in [-0.39, 0.29) is 17.4 Å². The van der Waals surface area contributed by atoms with Gasteiger partial charge >= 0.3 is 0 Å². The highest BCUT2D eigenvalue weighted by Gasteiger charge is 2.46. The number of amides is 3. The molecule has 3 aromatic carbocycles. The van der Waals surface area contributed by atoms with Crippen LogP contribution in [0.4, 0.5) is 0 Å². The fraction of sp³-hybridized carbons (Fsp3) is 0.290. The van der Waals surface area contributed by atoms with Crippen LogP contribution in [-0.2, 0) is 26.5 Å². The lowest BCUT2D eigenvalue weighted by Crippen LogP contribution is -2.35. The van der Waals surface area contributed by atoms with Gasteiger partial charge in [0.05, 0.1) is 5.54 Å². The van der Waals surface area contributed by atoms with E-state index in [1.807, 2.05) is 37.4 Å². The number of aldehydes is 1. The van der Waals surface area contributed by atoms with E-state index in [1.54, 1.807) is 26.2 Å². The first-order valence-electron chi connectivity index (χ1n) is 13.1. The zero-order valence-corrected chi connectivity index (χ0v) is 23.6. The predicted molar refractivity (Wildman–Crippen MR) is 158 cm³/mol. The highest BCUT2D eigenvalue weighted by molar-refractivity contribution is 5.96. The number of fused-ring (bicyclic) bond motifs is 1. The number of likely N-dealkylation sites (N-methyl/N-ethyl adjacent to an activating group) is 2. The highest BCUT2D eigenvalue weighted by atomic mass is 16.2. The van der Waals surface area contributed by atoms with Crippen LogP contribution in [0.5, 0.6) is 0 Å². The number of hydrogen-bond donors (Lipinski definition) is 4. The molecule has 0 spiro atoms. The first-order chi connectivity index (χ1) is 19.3. The van der Waals surface area contributed by atoms with Crippen molar-refractivity contribution in [2.75, 3.05) is 27.7 Å². The Balaban J connectivity index is 0.000000338. The van der Waals surface area contributed by atoms with Gasteiger partial charge in [-0.2, -0.15) is 0 Å². The van der Waals surface area contributed by atoms with Gasteiger partial charge in [-0.15, -0.1) is 0 Å². The second-order valence-corrected chi connectivity index (χ2v) is 9.07. The maximum atomic E-state index is 12.9. The van der Waals surface area contributed by atoms with Crippen molar-refractivity contribution in [2.45, 2.75) is 31.8 Å². The molecule has 0 aromatic heterocycles. The largest absolute Gasteiger partial charge is 0.355 e. The van der Waals surface area contributed by atoms with E-state index in [9.17, 15) is 14.4 Å². The van der Waals surface area contributed by atoms with Crippen molar-refractivity contribution in [1.82, 2.24) is 26.4 Å². The lowest BCUT2D eigenvalue weighted by Gasteiger charge is -2.20. The number of carbonyl (C=O) groups is 4. The lowest BCUT2D eigenvalue weighted by atomic mass is 9.99. The molecule has 212 valence electrons. The van der Waals surface area contributed by atoms with Crippen LogP contribution in [-0.4, -0.2) is 57.2 Å². The molecule has 0 bridgehead atoms. The lowest BCUT2D eigenvalue weighted by molar-refractivity contribution is -0.127. The van der Waals surface area contributed by atoms with Crippen molar-refractivity contribution in [3.63, 3.8) is 0 Å². The summed E-state index contributed by atoms with van der Waals surface area (Å²) in [5.41, 5.74) is 4.98. The van der Waals surface area contributed by atoms with Gasteiger partial charge < -0.3 is 20.7 Å². The maximum absolute atomic E-state index is 12.9. The van der Waals surface area contributed by atoms with Crippen LogP contribution < -0.4 is 21.4 Å². The Kier molecular flexibility index (Phi) is 13.2. The average molecular weight is 546 g/mol. The Morgan fingerprint density at radius 1 is 0.950 bits per heavy atom. The van der Waals surface area contributed by atoms with Gasteiger partial charge in [0.25, 0.3) is 11.8 Å². The maximum Gasteiger partial charge on any atom is 0.260 e.